The van der Waals surface area contributed by atoms with Gasteiger partial charge in [0.1, 0.15) is 5.75 Å². The van der Waals surface area contributed by atoms with E-state index in [1.165, 1.54) is 17.4 Å². The minimum Gasteiger partial charge on any atom is -0.494 e. The molecule has 0 aliphatic heterocycles. The van der Waals surface area contributed by atoms with E-state index in [4.69, 9.17) is 16.3 Å². The first-order chi connectivity index (χ1) is 12.6. The summed E-state index contributed by atoms with van der Waals surface area (Å²) >= 11 is 7.31. The third-order valence-electron chi connectivity index (χ3n) is 3.47. The second-order valence-electron chi connectivity index (χ2n) is 5.37. The zero-order valence-corrected chi connectivity index (χ0v) is 15.7. The van der Waals surface area contributed by atoms with Gasteiger partial charge in [-0.05, 0) is 55.0 Å². The fourth-order valence-corrected chi connectivity index (χ4v) is 3.20. The first kappa shape index (κ1) is 18.2. The number of thiazole rings is 1. The molecule has 0 aliphatic carbocycles. The van der Waals surface area contributed by atoms with Crippen LogP contribution >= 0.6 is 22.9 Å². The molecule has 0 fully saturated rings. The van der Waals surface area contributed by atoms with E-state index < -0.39 is 0 Å². The van der Waals surface area contributed by atoms with Crippen LogP contribution in [0.3, 0.4) is 0 Å². The minimum absolute atomic E-state index is 0.238. The molecule has 0 saturated heterocycles. The van der Waals surface area contributed by atoms with Crippen molar-refractivity contribution in [1.82, 2.24) is 4.98 Å². The van der Waals surface area contributed by atoms with E-state index >= 15 is 0 Å². The minimum atomic E-state index is -0.238. The average molecular weight is 385 g/mol. The molecule has 0 saturated carbocycles. The monoisotopic (exact) mass is 384 g/mol. The number of hydrogen-bond donors (Lipinski definition) is 1. The molecule has 26 heavy (non-hydrogen) atoms. The largest absolute Gasteiger partial charge is 0.494 e. The summed E-state index contributed by atoms with van der Waals surface area (Å²) in [5, 5.41) is 5.86. The van der Waals surface area contributed by atoms with Crippen LogP contribution in [0.2, 0.25) is 5.02 Å². The van der Waals surface area contributed by atoms with Crippen LogP contribution in [-0.4, -0.2) is 17.5 Å². The molecule has 0 spiro atoms. The summed E-state index contributed by atoms with van der Waals surface area (Å²) in [4.78, 5) is 16.5. The van der Waals surface area contributed by atoms with Crippen molar-refractivity contribution in [2.45, 2.75) is 6.92 Å². The Bertz CT molecular complexity index is 920. The third-order valence-corrected chi connectivity index (χ3v) is 4.46. The fraction of sp³-hybridized carbons (Fsp3) is 0.100. The fourth-order valence-electron chi connectivity index (χ4n) is 2.28. The Balaban J connectivity index is 1.63. The predicted molar refractivity (Wildman–Crippen MR) is 108 cm³/mol. The topological polar surface area (TPSA) is 51.2 Å². The van der Waals surface area contributed by atoms with Crippen LogP contribution < -0.4 is 10.1 Å². The van der Waals surface area contributed by atoms with Crippen molar-refractivity contribution in [3.63, 3.8) is 0 Å². The van der Waals surface area contributed by atoms with Gasteiger partial charge in [-0.25, -0.2) is 4.98 Å². The number of nitrogens with zero attached hydrogens (tertiary/aromatic N) is 1. The number of aromatic nitrogens is 1. The van der Waals surface area contributed by atoms with E-state index in [1.807, 2.05) is 48.7 Å². The number of nitrogens with one attached hydrogen (secondary N) is 1. The van der Waals surface area contributed by atoms with Gasteiger partial charge in [0.05, 0.1) is 12.3 Å². The smallest absolute Gasteiger partial charge is 0.250 e. The van der Waals surface area contributed by atoms with Gasteiger partial charge < -0.3 is 4.74 Å². The van der Waals surface area contributed by atoms with E-state index in [2.05, 4.69) is 10.3 Å². The Morgan fingerprint density at radius 1 is 1.27 bits per heavy atom. The van der Waals surface area contributed by atoms with E-state index in [0.717, 1.165) is 22.6 Å². The molecular weight excluding hydrogens is 368 g/mol. The van der Waals surface area contributed by atoms with E-state index in [0.29, 0.717) is 16.8 Å². The summed E-state index contributed by atoms with van der Waals surface area (Å²) in [7, 11) is 0. The maximum absolute atomic E-state index is 12.1. The van der Waals surface area contributed by atoms with Gasteiger partial charge in [0.2, 0.25) is 5.91 Å². The Morgan fingerprint density at radius 2 is 2.08 bits per heavy atom. The molecule has 1 N–H and O–H groups in total. The van der Waals surface area contributed by atoms with Gasteiger partial charge in [-0.2, -0.15) is 0 Å². The van der Waals surface area contributed by atoms with Crippen LogP contribution in [0.5, 0.6) is 5.75 Å². The molecule has 1 amide bonds. The number of amides is 1. The van der Waals surface area contributed by atoms with Crippen molar-refractivity contribution in [2.75, 3.05) is 11.9 Å². The number of anilines is 1. The first-order valence-corrected chi connectivity index (χ1v) is 9.33. The zero-order valence-electron chi connectivity index (χ0n) is 14.1. The highest BCUT2D eigenvalue weighted by Gasteiger charge is 2.07. The Kier molecular flexibility index (Phi) is 6.04. The predicted octanol–water partition coefficient (Wildman–Crippen LogP) is 5.51. The molecule has 6 heteroatoms. The second kappa shape index (κ2) is 8.65. The van der Waals surface area contributed by atoms with Gasteiger partial charge in [-0.1, -0.05) is 23.7 Å². The van der Waals surface area contributed by atoms with Gasteiger partial charge in [-0.15, -0.1) is 11.3 Å². The summed E-state index contributed by atoms with van der Waals surface area (Å²) in [6.45, 7) is 2.58. The molecule has 0 unspecified atom stereocenters. The highest BCUT2D eigenvalue weighted by molar-refractivity contribution is 7.14. The maximum Gasteiger partial charge on any atom is 0.250 e. The molecule has 3 rings (SSSR count). The van der Waals surface area contributed by atoms with Crippen LogP contribution in [0.15, 0.2) is 60.0 Å². The maximum atomic E-state index is 12.1. The van der Waals surface area contributed by atoms with Crippen LogP contribution in [0.1, 0.15) is 12.5 Å². The van der Waals surface area contributed by atoms with Gasteiger partial charge in [0.15, 0.2) is 5.13 Å². The normalized spacial score (nSPS) is 10.8. The van der Waals surface area contributed by atoms with Crippen molar-refractivity contribution in [1.29, 1.82) is 0 Å². The third kappa shape index (κ3) is 4.94. The van der Waals surface area contributed by atoms with Crippen LogP contribution in [0.25, 0.3) is 17.3 Å². The van der Waals surface area contributed by atoms with Crippen molar-refractivity contribution in [3.05, 3.63) is 70.6 Å². The number of carbonyl (C=O) groups excluding carboxylic acids is 1. The summed E-state index contributed by atoms with van der Waals surface area (Å²) < 4.78 is 5.43. The molecule has 1 heterocycles. The van der Waals surface area contributed by atoms with Crippen LogP contribution in [0.4, 0.5) is 5.13 Å². The van der Waals surface area contributed by atoms with Gasteiger partial charge in [0, 0.05) is 22.0 Å². The number of ether oxygens (including phenoxy) is 1. The summed E-state index contributed by atoms with van der Waals surface area (Å²) in [5.41, 5.74) is 2.65. The number of benzene rings is 2. The lowest BCUT2D eigenvalue weighted by Crippen LogP contribution is -2.07. The highest BCUT2D eigenvalue weighted by atomic mass is 35.5. The van der Waals surface area contributed by atoms with E-state index in [1.54, 1.807) is 18.2 Å². The summed E-state index contributed by atoms with van der Waals surface area (Å²) in [5.74, 6) is 0.587. The van der Waals surface area contributed by atoms with Crippen molar-refractivity contribution >= 4 is 40.1 Å². The average Bonchev–Trinajstić information content (AvgIpc) is 3.09. The molecular formula is C20H17ClN2O2S. The molecule has 3 aromatic rings. The number of halogens is 1. The lowest BCUT2D eigenvalue weighted by atomic mass is 10.2. The molecule has 1 aromatic heterocycles. The Hall–Kier alpha value is -2.63. The molecule has 0 bridgehead atoms. The van der Waals surface area contributed by atoms with Gasteiger partial charge >= 0.3 is 0 Å². The number of hydrogen-bond acceptors (Lipinski definition) is 4. The molecule has 0 aliphatic rings. The van der Waals surface area contributed by atoms with Crippen molar-refractivity contribution in [3.8, 4) is 17.0 Å². The lowest BCUT2D eigenvalue weighted by Gasteiger charge is -2.03. The summed E-state index contributed by atoms with van der Waals surface area (Å²) in [6.07, 6.45) is 3.17. The molecule has 132 valence electrons. The van der Waals surface area contributed by atoms with Gasteiger partial charge in [0.25, 0.3) is 0 Å². The van der Waals surface area contributed by atoms with E-state index in [9.17, 15) is 4.79 Å². The SMILES string of the molecule is CCOc1ccc(-c2csc(NC(=O)C=Cc3cccc(Cl)c3)n2)cc1. The summed E-state index contributed by atoms with van der Waals surface area (Å²) in [6, 6.07) is 15.0. The van der Waals surface area contributed by atoms with E-state index in [-0.39, 0.29) is 5.91 Å². The first-order valence-electron chi connectivity index (χ1n) is 8.07. The van der Waals surface area contributed by atoms with Gasteiger partial charge in [-0.3, -0.25) is 10.1 Å². The molecule has 0 atom stereocenters. The molecule has 2 aromatic carbocycles. The lowest BCUT2D eigenvalue weighted by molar-refractivity contribution is -0.111. The number of carbonyl (C=O) groups is 1. The Morgan fingerprint density at radius 3 is 2.81 bits per heavy atom. The molecule has 0 radical (unpaired) electrons. The highest BCUT2D eigenvalue weighted by Crippen LogP contribution is 2.26. The molecule has 4 nitrogen and oxygen atoms in total. The van der Waals surface area contributed by atoms with Crippen molar-refractivity contribution < 1.29 is 9.53 Å². The van der Waals surface area contributed by atoms with Crippen LogP contribution in [-0.2, 0) is 4.79 Å². The second-order valence-corrected chi connectivity index (χ2v) is 6.67. The standard InChI is InChI=1S/C20H17ClN2O2S/c1-2-25-17-9-7-15(8-10-17)18-13-26-20(22-18)23-19(24)11-6-14-4-3-5-16(21)12-14/h3-13H,2H2,1H3,(H,22,23,24). The number of rotatable bonds is 6. The Labute approximate surface area is 161 Å². The van der Waals surface area contributed by atoms with Crippen molar-refractivity contribution in [2.24, 2.45) is 0 Å². The van der Waals surface area contributed by atoms with Crippen LogP contribution in [0, 0.1) is 0 Å². The quantitative estimate of drug-likeness (QED) is 0.570. The zero-order chi connectivity index (χ0) is 18.4.